The molecule has 1 unspecified atom stereocenters. The van der Waals surface area contributed by atoms with Gasteiger partial charge in [0, 0.05) is 17.3 Å². The molecular weight excluding hydrogens is 210 g/mol. The van der Waals surface area contributed by atoms with E-state index in [-0.39, 0.29) is 11.6 Å². The van der Waals surface area contributed by atoms with Crippen LogP contribution in [0.4, 0.5) is 5.82 Å². The molecule has 0 radical (unpaired) electrons. The van der Waals surface area contributed by atoms with Gasteiger partial charge in [0.15, 0.2) is 5.82 Å². The predicted molar refractivity (Wildman–Crippen MR) is 61.2 cm³/mol. The number of nitrogens with one attached hydrogen (secondary N) is 2. The van der Waals surface area contributed by atoms with Gasteiger partial charge in [-0.05, 0) is 18.4 Å². The molecular formula is C10H11N3OS. The highest BCUT2D eigenvalue weighted by atomic mass is 32.1. The number of hydrogen-bond donors (Lipinski definition) is 2. The van der Waals surface area contributed by atoms with E-state index in [4.69, 9.17) is 0 Å². The Balaban J connectivity index is 2.16. The molecule has 1 atom stereocenters. The fourth-order valence-electron chi connectivity index (χ4n) is 1.27. The lowest BCUT2D eigenvalue weighted by Crippen LogP contribution is -2.17. The van der Waals surface area contributed by atoms with Gasteiger partial charge in [-0.3, -0.25) is 4.79 Å². The molecule has 4 nitrogen and oxygen atoms in total. The molecule has 2 rings (SSSR count). The molecule has 0 aliphatic carbocycles. The zero-order chi connectivity index (χ0) is 10.7. The summed E-state index contributed by atoms with van der Waals surface area (Å²) in [6.07, 6.45) is 3.08. The number of anilines is 1. The maximum atomic E-state index is 11.3. The van der Waals surface area contributed by atoms with E-state index < -0.39 is 0 Å². The van der Waals surface area contributed by atoms with Gasteiger partial charge in [-0.15, -0.1) is 11.3 Å². The van der Waals surface area contributed by atoms with Crippen molar-refractivity contribution in [2.75, 3.05) is 5.32 Å². The number of nitrogens with zero attached hydrogens (tertiary/aromatic N) is 1. The van der Waals surface area contributed by atoms with E-state index in [0.717, 1.165) is 0 Å². The zero-order valence-electron chi connectivity index (χ0n) is 8.23. The van der Waals surface area contributed by atoms with E-state index in [1.807, 2.05) is 24.4 Å². The fourth-order valence-corrected chi connectivity index (χ4v) is 2.00. The van der Waals surface area contributed by atoms with Crippen LogP contribution in [0, 0.1) is 0 Å². The summed E-state index contributed by atoms with van der Waals surface area (Å²) in [5.74, 6) is 0.360. The summed E-state index contributed by atoms with van der Waals surface area (Å²) in [7, 11) is 0. The van der Waals surface area contributed by atoms with Crippen molar-refractivity contribution in [1.82, 2.24) is 9.97 Å². The normalized spacial score (nSPS) is 12.3. The third-order valence-corrected chi connectivity index (χ3v) is 3.09. The lowest BCUT2D eigenvalue weighted by Gasteiger charge is -2.11. The van der Waals surface area contributed by atoms with Crippen LogP contribution >= 0.6 is 11.3 Å². The Labute approximate surface area is 91.0 Å². The Morgan fingerprint density at radius 2 is 2.47 bits per heavy atom. The molecule has 2 aromatic heterocycles. The molecule has 5 heteroatoms. The highest BCUT2D eigenvalue weighted by Crippen LogP contribution is 2.20. The Bertz CT molecular complexity index is 477. The maximum absolute atomic E-state index is 11.3. The van der Waals surface area contributed by atoms with Crippen LogP contribution in [-0.2, 0) is 0 Å². The van der Waals surface area contributed by atoms with E-state index in [0.29, 0.717) is 5.82 Å². The third kappa shape index (κ3) is 2.24. The average Bonchev–Trinajstić information content (AvgIpc) is 2.74. The minimum Gasteiger partial charge on any atom is -0.358 e. The first-order chi connectivity index (χ1) is 7.27. The van der Waals surface area contributed by atoms with Crippen LogP contribution in [0.1, 0.15) is 17.8 Å². The lowest BCUT2D eigenvalue weighted by molar-refractivity contribution is 0.886. The second-order valence-corrected chi connectivity index (χ2v) is 4.13. The van der Waals surface area contributed by atoms with Gasteiger partial charge in [-0.1, -0.05) is 6.07 Å². The monoisotopic (exact) mass is 221 g/mol. The first-order valence-electron chi connectivity index (χ1n) is 4.61. The van der Waals surface area contributed by atoms with Crippen LogP contribution in [0.2, 0.25) is 0 Å². The molecule has 0 aromatic carbocycles. The van der Waals surface area contributed by atoms with Crippen molar-refractivity contribution < 1.29 is 0 Å². The van der Waals surface area contributed by atoms with Crippen molar-refractivity contribution in [3.8, 4) is 0 Å². The van der Waals surface area contributed by atoms with Gasteiger partial charge >= 0.3 is 0 Å². The molecule has 2 N–H and O–H groups in total. The van der Waals surface area contributed by atoms with Crippen LogP contribution in [0.25, 0.3) is 0 Å². The molecule has 78 valence electrons. The molecule has 0 fully saturated rings. The van der Waals surface area contributed by atoms with Gasteiger partial charge in [0.1, 0.15) is 0 Å². The lowest BCUT2D eigenvalue weighted by atomic mass is 10.3. The highest BCUT2D eigenvalue weighted by Gasteiger charge is 2.08. The largest absolute Gasteiger partial charge is 0.358 e. The molecule has 15 heavy (non-hydrogen) atoms. The van der Waals surface area contributed by atoms with Crippen molar-refractivity contribution >= 4 is 17.2 Å². The molecule has 2 heterocycles. The molecule has 2 aromatic rings. The minimum absolute atomic E-state index is 0.0981. The summed E-state index contributed by atoms with van der Waals surface area (Å²) < 4.78 is 0. The van der Waals surface area contributed by atoms with Gasteiger partial charge in [-0.25, -0.2) is 4.98 Å². The van der Waals surface area contributed by atoms with Crippen LogP contribution in [-0.4, -0.2) is 9.97 Å². The van der Waals surface area contributed by atoms with Crippen LogP contribution in [0.5, 0.6) is 0 Å². The zero-order valence-corrected chi connectivity index (χ0v) is 9.04. The van der Waals surface area contributed by atoms with E-state index in [1.165, 1.54) is 11.1 Å². The van der Waals surface area contributed by atoms with E-state index in [1.54, 1.807) is 17.5 Å². The summed E-state index contributed by atoms with van der Waals surface area (Å²) in [5, 5.41) is 5.08. The van der Waals surface area contributed by atoms with Crippen molar-refractivity contribution in [3.05, 3.63) is 45.1 Å². The summed E-state index contributed by atoms with van der Waals surface area (Å²) in [4.78, 5) is 19.1. The smallest absolute Gasteiger partial charge is 0.290 e. The van der Waals surface area contributed by atoms with E-state index >= 15 is 0 Å². The van der Waals surface area contributed by atoms with Crippen molar-refractivity contribution in [2.24, 2.45) is 0 Å². The first-order valence-corrected chi connectivity index (χ1v) is 5.49. The number of thiophene rings is 1. The van der Waals surface area contributed by atoms with Crippen LogP contribution in [0.3, 0.4) is 0 Å². The summed E-state index contributed by atoms with van der Waals surface area (Å²) in [5.41, 5.74) is -0.194. The van der Waals surface area contributed by atoms with Crippen molar-refractivity contribution in [3.63, 3.8) is 0 Å². The topological polar surface area (TPSA) is 57.8 Å². The Hall–Kier alpha value is -1.62. The number of H-pyrrole nitrogens is 1. The van der Waals surface area contributed by atoms with E-state index in [9.17, 15) is 4.79 Å². The minimum atomic E-state index is -0.194. The standard InChI is InChI=1S/C10H11N3OS/c1-7(8-3-2-6-15-8)13-9-10(14)12-5-4-11-9/h2-7H,1H3,(H,11,13)(H,12,14). The molecule has 0 bridgehead atoms. The van der Waals surface area contributed by atoms with Crippen molar-refractivity contribution in [2.45, 2.75) is 13.0 Å². The van der Waals surface area contributed by atoms with Gasteiger partial charge in [0.05, 0.1) is 6.04 Å². The number of hydrogen-bond acceptors (Lipinski definition) is 4. The number of aromatic amines is 1. The predicted octanol–water partition coefficient (Wildman–Crippen LogP) is 2.00. The molecule has 0 saturated carbocycles. The van der Waals surface area contributed by atoms with E-state index in [2.05, 4.69) is 15.3 Å². The molecule has 0 aliphatic rings. The van der Waals surface area contributed by atoms with Gasteiger partial charge in [-0.2, -0.15) is 0 Å². The molecule has 0 spiro atoms. The average molecular weight is 221 g/mol. The van der Waals surface area contributed by atoms with Crippen LogP contribution in [0.15, 0.2) is 34.7 Å². The number of rotatable bonds is 3. The SMILES string of the molecule is CC(Nc1ncc[nH]c1=O)c1cccs1. The van der Waals surface area contributed by atoms with Crippen molar-refractivity contribution in [1.29, 1.82) is 0 Å². The Kier molecular flexibility index (Phi) is 2.82. The number of aromatic nitrogens is 2. The first kappa shape index (κ1) is 9.92. The second-order valence-electron chi connectivity index (χ2n) is 3.15. The summed E-state index contributed by atoms with van der Waals surface area (Å²) in [6.45, 7) is 2.00. The van der Waals surface area contributed by atoms with Crippen LogP contribution < -0.4 is 10.9 Å². The van der Waals surface area contributed by atoms with Gasteiger partial charge in [0.2, 0.25) is 0 Å². The third-order valence-electron chi connectivity index (χ3n) is 2.03. The Morgan fingerprint density at radius 1 is 1.60 bits per heavy atom. The maximum Gasteiger partial charge on any atom is 0.290 e. The summed E-state index contributed by atoms with van der Waals surface area (Å²) >= 11 is 1.65. The Morgan fingerprint density at radius 3 is 3.13 bits per heavy atom. The highest BCUT2D eigenvalue weighted by molar-refractivity contribution is 7.10. The molecule has 0 aliphatic heterocycles. The molecule has 0 amide bonds. The second kappa shape index (κ2) is 4.27. The van der Waals surface area contributed by atoms with Gasteiger partial charge < -0.3 is 10.3 Å². The fraction of sp³-hybridized carbons (Fsp3) is 0.200. The quantitative estimate of drug-likeness (QED) is 0.833. The molecule has 0 saturated heterocycles. The van der Waals surface area contributed by atoms with Gasteiger partial charge in [0.25, 0.3) is 5.56 Å². The summed E-state index contributed by atoms with van der Waals surface area (Å²) in [6, 6.07) is 4.11.